The number of fused-ring (bicyclic) bond motifs is 1. The molecule has 1 amide bonds. The smallest absolute Gasteiger partial charge is 0.255 e. The molecule has 192 valence electrons. The van der Waals surface area contributed by atoms with E-state index in [0.717, 1.165) is 62.6 Å². The van der Waals surface area contributed by atoms with Gasteiger partial charge in [0.25, 0.3) is 5.91 Å². The predicted octanol–water partition coefficient (Wildman–Crippen LogP) is 3.93. The lowest BCUT2D eigenvalue weighted by atomic mass is 9.85. The summed E-state index contributed by atoms with van der Waals surface area (Å²) in [6, 6.07) is 7.22. The van der Waals surface area contributed by atoms with Crippen LogP contribution in [0, 0.1) is 11.6 Å². The van der Waals surface area contributed by atoms with Gasteiger partial charge >= 0.3 is 0 Å². The molecule has 6 rings (SSSR count). The molecule has 2 fully saturated rings. The number of amides is 1. The number of pyridine rings is 1. The number of nitrogens with one attached hydrogen (secondary N) is 1. The Morgan fingerprint density at radius 1 is 1.08 bits per heavy atom. The molecule has 11 heteroatoms. The maximum Gasteiger partial charge on any atom is 0.255 e. The minimum atomic E-state index is -0.449. The van der Waals surface area contributed by atoms with Crippen LogP contribution in [0.4, 0.5) is 14.5 Å². The number of rotatable bonds is 5. The molecule has 2 aliphatic rings. The van der Waals surface area contributed by atoms with Crippen molar-refractivity contribution in [1.29, 1.82) is 0 Å². The van der Waals surface area contributed by atoms with Crippen LogP contribution in [0.25, 0.3) is 5.52 Å². The monoisotopic (exact) mass is 506 g/mol. The first-order chi connectivity index (χ1) is 18.0. The van der Waals surface area contributed by atoms with Gasteiger partial charge in [-0.2, -0.15) is 9.90 Å². The van der Waals surface area contributed by atoms with Crippen LogP contribution in [0.15, 0.2) is 42.7 Å². The molecule has 1 saturated heterocycles. The van der Waals surface area contributed by atoms with Crippen molar-refractivity contribution in [2.24, 2.45) is 7.05 Å². The second-order valence-corrected chi connectivity index (χ2v) is 9.95. The number of hydrogen-bond donors (Lipinski definition) is 1. The van der Waals surface area contributed by atoms with Crippen molar-refractivity contribution in [2.75, 3.05) is 11.4 Å². The summed E-state index contributed by atoms with van der Waals surface area (Å²) < 4.78 is 30.1. The average molecular weight is 507 g/mol. The standard InChI is InChI=1S/C26H28F2N8O/c1-34-32-25(31-33-34)16-4-7-18(8-5-16)30-26(37)21-15-29-36-12-10-19(14-24(21)36)35-11-2-3-23(35)20-13-17(27)6-9-22(20)28/h6,9-10,12-16,18,23H,2-5,7-8,11H2,1H3,(H,30,37)/t16-,18-,23-/m1/s1. The molecule has 0 spiro atoms. The molecule has 4 heterocycles. The molecular weight excluding hydrogens is 478 g/mol. The fraction of sp³-hybridized carbons (Fsp3) is 0.423. The van der Waals surface area contributed by atoms with Gasteiger partial charge in [-0.25, -0.2) is 13.3 Å². The molecule has 4 aromatic rings. The Labute approximate surface area is 212 Å². The number of tetrazole rings is 1. The zero-order chi connectivity index (χ0) is 25.5. The van der Waals surface area contributed by atoms with Gasteiger partial charge in [0, 0.05) is 36.0 Å². The van der Waals surface area contributed by atoms with Crippen molar-refractivity contribution in [3.8, 4) is 0 Å². The molecule has 1 atom stereocenters. The zero-order valence-electron chi connectivity index (χ0n) is 20.5. The van der Waals surface area contributed by atoms with Crippen LogP contribution < -0.4 is 10.2 Å². The lowest BCUT2D eigenvalue weighted by Gasteiger charge is -2.28. The van der Waals surface area contributed by atoms with Crippen LogP contribution in [-0.4, -0.2) is 48.3 Å². The van der Waals surface area contributed by atoms with Gasteiger partial charge < -0.3 is 10.2 Å². The molecule has 3 aromatic heterocycles. The van der Waals surface area contributed by atoms with Crippen molar-refractivity contribution in [2.45, 2.75) is 56.5 Å². The highest BCUT2D eigenvalue weighted by Gasteiger charge is 2.30. The topological polar surface area (TPSA) is 93.2 Å². The Morgan fingerprint density at radius 2 is 1.92 bits per heavy atom. The summed E-state index contributed by atoms with van der Waals surface area (Å²) in [6.45, 7) is 0.719. The maximum atomic E-state index is 14.6. The van der Waals surface area contributed by atoms with Gasteiger partial charge in [0.1, 0.15) is 11.6 Å². The van der Waals surface area contributed by atoms with Crippen molar-refractivity contribution in [1.82, 2.24) is 35.1 Å². The van der Waals surface area contributed by atoms with Crippen LogP contribution in [0.3, 0.4) is 0 Å². The van der Waals surface area contributed by atoms with Crippen molar-refractivity contribution >= 4 is 17.1 Å². The summed E-state index contributed by atoms with van der Waals surface area (Å²) in [5, 5.41) is 19.9. The Morgan fingerprint density at radius 3 is 2.70 bits per heavy atom. The van der Waals surface area contributed by atoms with Crippen LogP contribution >= 0.6 is 0 Å². The molecular formula is C26H28F2N8O. The van der Waals surface area contributed by atoms with E-state index in [0.29, 0.717) is 16.6 Å². The number of carbonyl (C=O) groups excluding carboxylic acids is 1. The zero-order valence-corrected chi connectivity index (χ0v) is 20.5. The summed E-state index contributed by atoms with van der Waals surface area (Å²) in [7, 11) is 1.76. The second-order valence-electron chi connectivity index (χ2n) is 9.95. The SMILES string of the molecule is Cn1nnc([C@H]2CC[C@H](NC(=O)c3cnn4ccc(N5CCC[C@@H]5c5cc(F)ccc5F)cc34)CC2)n1. The predicted molar refractivity (Wildman–Crippen MR) is 132 cm³/mol. The first-order valence-electron chi connectivity index (χ1n) is 12.7. The first-order valence-corrected chi connectivity index (χ1v) is 12.7. The normalized spacial score (nSPS) is 22.0. The Balaban J connectivity index is 1.18. The van der Waals surface area contributed by atoms with Crippen LogP contribution in [0.1, 0.15) is 72.2 Å². The van der Waals surface area contributed by atoms with E-state index >= 15 is 0 Å². The van der Waals surface area contributed by atoms with E-state index in [1.807, 2.05) is 12.1 Å². The lowest BCUT2D eigenvalue weighted by molar-refractivity contribution is 0.0927. The van der Waals surface area contributed by atoms with E-state index in [1.165, 1.54) is 16.9 Å². The molecule has 37 heavy (non-hydrogen) atoms. The van der Waals surface area contributed by atoms with E-state index < -0.39 is 11.6 Å². The van der Waals surface area contributed by atoms with E-state index in [9.17, 15) is 13.6 Å². The minimum Gasteiger partial charge on any atom is -0.364 e. The van der Waals surface area contributed by atoms with Crippen LogP contribution in [0.5, 0.6) is 0 Å². The van der Waals surface area contributed by atoms with Crippen molar-refractivity contribution < 1.29 is 13.6 Å². The molecule has 1 N–H and O–H groups in total. The third-order valence-corrected chi connectivity index (χ3v) is 7.60. The third kappa shape index (κ3) is 4.54. The quantitative estimate of drug-likeness (QED) is 0.441. The van der Waals surface area contributed by atoms with E-state index in [1.54, 1.807) is 24.0 Å². The van der Waals surface area contributed by atoms with Crippen molar-refractivity contribution in [3.63, 3.8) is 0 Å². The van der Waals surface area contributed by atoms with Gasteiger partial charge in [0.2, 0.25) is 0 Å². The minimum absolute atomic E-state index is 0.0671. The fourth-order valence-corrected chi connectivity index (χ4v) is 5.71. The number of aryl methyl sites for hydroxylation is 1. The van der Waals surface area contributed by atoms with Gasteiger partial charge in [0.05, 0.1) is 30.4 Å². The number of halogens is 2. The average Bonchev–Trinajstić information content (AvgIpc) is 3.65. The highest BCUT2D eigenvalue weighted by Crippen LogP contribution is 2.38. The molecule has 1 aromatic carbocycles. The Kier molecular flexibility index (Phi) is 6.05. The Bertz CT molecular complexity index is 1440. The molecule has 9 nitrogen and oxygen atoms in total. The lowest BCUT2D eigenvalue weighted by Crippen LogP contribution is -2.37. The highest BCUT2D eigenvalue weighted by atomic mass is 19.1. The Hall–Kier alpha value is -3.89. The second kappa shape index (κ2) is 9.53. The third-order valence-electron chi connectivity index (χ3n) is 7.60. The molecule has 0 bridgehead atoms. The summed E-state index contributed by atoms with van der Waals surface area (Å²) in [5.41, 5.74) is 2.38. The fourth-order valence-electron chi connectivity index (χ4n) is 5.71. The number of nitrogens with zero attached hydrogens (tertiary/aromatic N) is 7. The van der Waals surface area contributed by atoms with E-state index in [4.69, 9.17) is 0 Å². The highest BCUT2D eigenvalue weighted by molar-refractivity contribution is 6.01. The summed E-state index contributed by atoms with van der Waals surface area (Å²) in [6.07, 6.45) is 8.44. The van der Waals surface area contributed by atoms with E-state index in [-0.39, 0.29) is 23.9 Å². The number of hydrogen-bond acceptors (Lipinski definition) is 6. The molecule has 0 radical (unpaired) electrons. The first kappa shape index (κ1) is 23.5. The molecule has 1 saturated carbocycles. The molecule has 1 aliphatic carbocycles. The van der Waals surface area contributed by atoms with Gasteiger partial charge in [0.15, 0.2) is 5.82 Å². The van der Waals surface area contributed by atoms with Gasteiger partial charge in [-0.05, 0) is 74.1 Å². The number of aromatic nitrogens is 6. The number of carbonyl (C=O) groups is 1. The molecule has 0 unspecified atom stereocenters. The summed E-state index contributed by atoms with van der Waals surface area (Å²) in [4.78, 5) is 16.8. The van der Waals surface area contributed by atoms with Gasteiger partial charge in [-0.3, -0.25) is 4.79 Å². The van der Waals surface area contributed by atoms with E-state index in [2.05, 4.69) is 30.7 Å². The van der Waals surface area contributed by atoms with Crippen LogP contribution in [0.2, 0.25) is 0 Å². The van der Waals surface area contributed by atoms with Crippen LogP contribution in [-0.2, 0) is 7.05 Å². The van der Waals surface area contributed by atoms with Gasteiger partial charge in [-0.1, -0.05) is 0 Å². The van der Waals surface area contributed by atoms with Gasteiger partial charge in [-0.15, -0.1) is 10.2 Å². The maximum absolute atomic E-state index is 14.6. The summed E-state index contributed by atoms with van der Waals surface area (Å²) >= 11 is 0. The van der Waals surface area contributed by atoms with Crippen molar-refractivity contribution in [3.05, 3.63) is 71.3 Å². The number of benzene rings is 1. The molecule has 1 aliphatic heterocycles. The number of anilines is 1. The largest absolute Gasteiger partial charge is 0.364 e. The summed E-state index contributed by atoms with van der Waals surface area (Å²) in [5.74, 6) is 0.00456.